The minimum Gasteiger partial charge on any atom is -0.448 e. The molecule has 7 nitrogen and oxygen atoms in total. The normalized spacial score (nSPS) is 30.0. The third kappa shape index (κ3) is 2.88. The number of carbonyl (C=O) groups excluding carboxylic acids is 2. The van der Waals surface area contributed by atoms with Crippen LogP contribution in [0.25, 0.3) is 0 Å². The Morgan fingerprint density at radius 3 is 2.54 bits per heavy atom. The van der Waals surface area contributed by atoms with Gasteiger partial charge in [-0.25, -0.2) is 4.79 Å². The lowest BCUT2D eigenvalue weighted by Gasteiger charge is -2.30. The van der Waals surface area contributed by atoms with Gasteiger partial charge in [0.2, 0.25) is 5.91 Å². The molecule has 0 aromatic heterocycles. The van der Waals surface area contributed by atoms with E-state index in [-0.39, 0.29) is 30.4 Å². The van der Waals surface area contributed by atoms with Gasteiger partial charge in [0.25, 0.3) is 0 Å². The van der Waals surface area contributed by atoms with Crippen LogP contribution in [0.1, 0.15) is 11.1 Å². The van der Waals surface area contributed by atoms with Gasteiger partial charge in [0.15, 0.2) is 0 Å². The molecule has 0 saturated carbocycles. The van der Waals surface area contributed by atoms with Gasteiger partial charge in [0, 0.05) is 37.6 Å². The first-order chi connectivity index (χ1) is 13.6. The van der Waals surface area contributed by atoms with E-state index >= 15 is 0 Å². The molecule has 3 saturated heterocycles. The Morgan fingerprint density at radius 2 is 1.93 bits per heavy atom. The highest BCUT2D eigenvalue weighted by Gasteiger charge is 2.54. The van der Waals surface area contributed by atoms with E-state index in [9.17, 15) is 14.7 Å². The molecule has 3 fully saturated rings. The highest BCUT2D eigenvalue weighted by Crippen LogP contribution is 2.44. The number of nitrogens with zero attached hydrogens (tertiary/aromatic N) is 3. The zero-order valence-electron chi connectivity index (χ0n) is 16.0. The fourth-order valence-electron chi connectivity index (χ4n) is 5.54. The van der Waals surface area contributed by atoms with Crippen LogP contribution in [-0.2, 0) is 22.4 Å². The molecule has 0 spiro atoms. The van der Waals surface area contributed by atoms with Crippen LogP contribution in [0, 0.1) is 11.3 Å². The first kappa shape index (κ1) is 17.9. The molecule has 1 aliphatic carbocycles. The first-order valence-electron chi connectivity index (χ1n) is 10.2. The molecule has 0 bridgehead atoms. The summed E-state index contributed by atoms with van der Waals surface area (Å²) in [5.74, 6) is 0.247. The van der Waals surface area contributed by atoms with Gasteiger partial charge in [-0.05, 0) is 29.9 Å². The van der Waals surface area contributed by atoms with Gasteiger partial charge in [-0.15, -0.1) is 0 Å². The molecule has 1 aromatic rings. The topological polar surface area (TPSA) is 73.3 Å². The summed E-state index contributed by atoms with van der Waals surface area (Å²) in [4.78, 5) is 30.1. The lowest BCUT2D eigenvalue weighted by atomic mass is 9.82. The Balaban J connectivity index is 1.23. The zero-order valence-corrected chi connectivity index (χ0v) is 16.0. The second-order valence-corrected chi connectivity index (χ2v) is 8.79. The molecule has 5 rings (SSSR count). The van der Waals surface area contributed by atoms with Gasteiger partial charge in [0.1, 0.15) is 13.2 Å². The molecule has 1 aromatic carbocycles. The molecular formula is C21H27N3O4. The number of cyclic esters (lactones) is 1. The minimum absolute atomic E-state index is 0.0408. The van der Waals surface area contributed by atoms with E-state index in [0.29, 0.717) is 32.3 Å². The van der Waals surface area contributed by atoms with Gasteiger partial charge < -0.3 is 14.7 Å². The number of carbonyl (C=O) groups is 2. The van der Waals surface area contributed by atoms with Crippen molar-refractivity contribution in [2.75, 3.05) is 52.5 Å². The summed E-state index contributed by atoms with van der Waals surface area (Å²) in [6.07, 6.45) is 1.74. The van der Waals surface area contributed by atoms with Crippen molar-refractivity contribution in [3.05, 3.63) is 35.4 Å². The van der Waals surface area contributed by atoms with Crippen molar-refractivity contribution >= 4 is 12.0 Å². The fourth-order valence-corrected chi connectivity index (χ4v) is 5.54. The maximum Gasteiger partial charge on any atom is 0.410 e. The minimum atomic E-state index is -0.406. The van der Waals surface area contributed by atoms with Crippen LogP contribution in [0.5, 0.6) is 0 Å². The highest BCUT2D eigenvalue weighted by atomic mass is 16.6. The third-order valence-corrected chi connectivity index (χ3v) is 7.17. The summed E-state index contributed by atoms with van der Waals surface area (Å²) < 4.78 is 4.91. The van der Waals surface area contributed by atoms with E-state index in [0.717, 1.165) is 25.9 Å². The first-order valence-corrected chi connectivity index (χ1v) is 10.2. The molecule has 2 unspecified atom stereocenters. The number of ether oxygens (including phenoxy) is 1. The average molecular weight is 385 g/mol. The SMILES string of the molecule is O=C(CN1CCOC1=O)N1CC2CN(C3Cc4ccccc4C3)CC2(CO)C1. The van der Waals surface area contributed by atoms with Gasteiger partial charge in [-0.2, -0.15) is 0 Å². The summed E-state index contributed by atoms with van der Waals surface area (Å²) in [6, 6.07) is 9.15. The van der Waals surface area contributed by atoms with E-state index in [2.05, 4.69) is 29.2 Å². The molecule has 1 N–H and O–H groups in total. The van der Waals surface area contributed by atoms with Crippen LogP contribution in [0.15, 0.2) is 24.3 Å². The Bertz CT molecular complexity index is 775. The number of likely N-dealkylation sites (tertiary alicyclic amines) is 2. The standard InChI is InChI=1S/C21H27N3O4/c25-14-21-12-23(18-7-15-3-1-2-4-16(15)8-18)9-17(21)10-24(13-21)19(26)11-22-5-6-28-20(22)27/h1-4,17-18,25H,5-14H2. The number of amides is 2. The number of hydrogen-bond acceptors (Lipinski definition) is 5. The average Bonchev–Trinajstić information content (AvgIpc) is 3.43. The second kappa shape index (κ2) is 6.74. The summed E-state index contributed by atoms with van der Waals surface area (Å²) in [5.41, 5.74) is 2.64. The van der Waals surface area contributed by atoms with Crippen LogP contribution in [0.4, 0.5) is 4.79 Å². The van der Waals surface area contributed by atoms with Gasteiger partial charge in [-0.1, -0.05) is 24.3 Å². The summed E-state index contributed by atoms with van der Waals surface area (Å²) in [6.45, 7) is 4.01. The van der Waals surface area contributed by atoms with E-state index in [4.69, 9.17) is 4.74 Å². The van der Waals surface area contributed by atoms with E-state index in [1.807, 2.05) is 4.90 Å². The van der Waals surface area contributed by atoms with E-state index in [1.54, 1.807) is 0 Å². The predicted molar refractivity (Wildman–Crippen MR) is 102 cm³/mol. The van der Waals surface area contributed by atoms with Crippen LogP contribution < -0.4 is 0 Å². The molecular weight excluding hydrogens is 358 g/mol. The summed E-state index contributed by atoms with van der Waals surface area (Å²) in [5, 5.41) is 10.2. The lowest BCUT2D eigenvalue weighted by molar-refractivity contribution is -0.131. The quantitative estimate of drug-likeness (QED) is 0.810. The predicted octanol–water partition coefficient (Wildman–Crippen LogP) is 0.359. The molecule has 3 heterocycles. The van der Waals surface area contributed by atoms with E-state index in [1.165, 1.54) is 16.0 Å². The summed E-state index contributed by atoms with van der Waals surface area (Å²) >= 11 is 0. The highest BCUT2D eigenvalue weighted by molar-refractivity contribution is 5.83. The Morgan fingerprint density at radius 1 is 1.18 bits per heavy atom. The van der Waals surface area contributed by atoms with Crippen molar-refractivity contribution < 1.29 is 19.4 Å². The number of aliphatic hydroxyl groups excluding tert-OH is 1. The Hall–Kier alpha value is -2.12. The lowest BCUT2D eigenvalue weighted by Crippen LogP contribution is -2.44. The Labute approximate surface area is 164 Å². The maximum absolute atomic E-state index is 12.7. The zero-order chi connectivity index (χ0) is 19.3. The molecule has 7 heteroatoms. The molecule has 4 aliphatic rings. The smallest absolute Gasteiger partial charge is 0.410 e. The number of hydrogen-bond donors (Lipinski definition) is 1. The van der Waals surface area contributed by atoms with Crippen molar-refractivity contribution in [1.29, 1.82) is 0 Å². The molecule has 3 aliphatic heterocycles. The molecule has 0 radical (unpaired) electrons. The van der Waals surface area contributed by atoms with Crippen molar-refractivity contribution in [3.63, 3.8) is 0 Å². The van der Waals surface area contributed by atoms with Crippen molar-refractivity contribution in [1.82, 2.24) is 14.7 Å². The van der Waals surface area contributed by atoms with Gasteiger partial charge in [0.05, 0.1) is 13.2 Å². The van der Waals surface area contributed by atoms with Crippen LogP contribution in [0.2, 0.25) is 0 Å². The van der Waals surface area contributed by atoms with Gasteiger partial charge >= 0.3 is 6.09 Å². The molecule has 150 valence electrons. The van der Waals surface area contributed by atoms with E-state index < -0.39 is 6.09 Å². The van der Waals surface area contributed by atoms with Crippen molar-refractivity contribution in [3.8, 4) is 0 Å². The van der Waals surface area contributed by atoms with Crippen LogP contribution >= 0.6 is 0 Å². The van der Waals surface area contributed by atoms with Gasteiger partial charge in [-0.3, -0.25) is 14.6 Å². The molecule has 28 heavy (non-hydrogen) atoms. The van der Waals surface area contributed by atoms with Crippen molar-refractivity contribution in [2.45, 2.75) is 18.9 Å². The fraction of sp³-hybridized carbons (Fsp3) is 0.619. The van der Waals surface area contributed by atoms with Crippen LogP contribution in [0.3, 0.4) is 0 Å². The number of rotatable bonds is 4. The molecule has 2 amide bonds. The number of benzene rings is 1. The number of aliphatic hydroxyl groups is 1. The second-order valence-electron chi connectivity index (χ2n) is 8.79. The maximum atomic E-state index is 12.7. The largest absolute Gasteiger partial charge is 0.448 e. The molecule has 2 atom stereocenters. The Kier molecular flexibility index (Phi) is 4.32. The third-order valence-electron chi connectivity index (χ3n) is 7.17. The monoisotopic (exact) mass is 385 g/mol. The van der Waals surface area contributed by atoms with Crippen molar-refractivity contribution in [2.24, 2.45) is 11.3 Å². The van der Waals surface area contributed by atoms with Crippen LogP contribution in [-0.4, -0.2) is 90.3 Å². The summed E-state index contributed by atoms with van der Waals surface area (Å²) in [7, 11) is 0. The number of fused-ring (bicyclic) bond motifs is 2.